The van der Waals surface area contributed by atoms with Gasteiger partial charge in [0.05, 0.1) is 11.5 Å². The number of carbonyl (C=O) groups excluding carboxylic acids is 1. The molecule has 4 saturated carbocycles. The van der Waals surface area contributed by atoms with Crippen LogP contribution in [0.4, 0.5) is 0 Å². The van der Waals surface area contributed by atoms with Crippen molar-refractivity contribution in [3.05, 3.63) is 11.6 Å². The van der Waals surface area contributed by atoms with Crippen LogP contribution in [-0.4, -0.2) is 132 Å². The lowest BCUT2D eigenvalue weighted by molar-refractivity contribution is -0.371. The molecule has 0 unspecified atom stereocenters. The van der Waals surface area contributed by atoms with E-state index in [1.165, 1.54) is 0 Å². The molecule has 2 aliphatic heterocycles. The van der Waals surface area contributed by atoms with Gasteiger partial charge in [-0.15, -0.1) is 0 Å². The summed E-state index contributed by atoms with van der Waals surface area (Å²) in [7, 11) is 0. The van der Waals surface area contributed by atoms with Gasteiger partial charge in [-0.1, -0.05) is 47.1 Å². The topological polar surface area (TPSA) is 267 Å². The number of hydrogen-bond donors (Lipinski definition) is 8. The molecule has 0 aromatic carbocycles. The van der Waals surface area contributed by atoms with E-state index in [0.29, 0.717) is 25.7 Å². The number of fused-ring (bicyclic) bond motifs is 7. The first kappa shape index (κ1) is 43.5. The summed E-state index contributed by atoms with van der Waals surface area (Å²) in [6.07, 6.45) is -12.2. The van der Waals surface area contributed by atoms with E-state index in [9.17, 15) is 60.0 Å². The van der Waals surface area contributed by atoms with Gasteiger partial charge in [0.15, 0.2) is 30.6 Å². The molecule has 19 atom stereocenters. The zero-order valence-electron chi connectivity index (χ0n) is 34.4. The van der Waals surface area contributed by atoms with Crippen LogP contribution in [0.2, 0.25) is 0 Å². The summed E-state index contributed by atoms with van der Waals surface area (Å²) in [5, 5.41) is 83.0. The van der Waals surface area contributed by atoms with E-state index >= 15 is 0 Å². The summed E-state index contributed by atoms with van der Waals surface area (Å²) >= 11 is 0. The number of hydrogen-bond acceptors (Lipinski definition) is 13. The highest BCUT2D eigenvalue weighted by molar-refractivity contribution is 5.95. The smallest absolute Gasteiger partial charge is 0.335 e. The number of ketones is 1. The monoisotopic (exact) mass is 822 g/mol. The zero-order chi connectivity index (χ0) is 42.9. The molecule has 5 aliphatic carbocycles. The summed E-state index contributed by atoms with van der Waals surface area (Å²) < 4.78 is 23.4. The van der Waals surface area contributed by atoms with Crippen LogP contribution >= 0.6 is 0 Å². The molecule has 0 bridgehead atoms. The van der Waals surface area contributed by atoms with Crippen molar-refractivity contribution >= 4 is 23.7 Å². The van der Waals surface area contributed by atoms with Crippen LogP contribution in [0.15, 0.2) is 11.6 Å². The van der Waals surface area contributed by atoms with Gasteiger partial charge in [-0.25, -0.2) is 9.59 Å². The standard InChI is InChI=1S/C42H62O16/c1-37(2)21-8-11-42(7)31(20(43)16-18-19-17-39(4,36(53)54)13-12-38(19,3)14-15-41(18,42)6)40(21,5)10-9-22(37)55-35-30(26(47)25(46)29(57-35)33(51)52)58-34-27(48)23(44)24(45)28(56-34)32(49)50/h16,19,21-31,34-35,44-48H,8-15,17H2,1-7H3,(H,49,50)(H,51,52)(H,53,54)/t19-,21-,22-,23-,24+,25+,26-,27+,28-,29-,30+,31+,34-,35-,38-,39-,40+,41+,42-/m0/s1. The van der Waals surface area contributed by atoms with Gasteiger partial charge in [-0.05, 0) is 110 Å². The summed E-state index contributed by atoms with van der Waals surface area (Å²) in [6.45, 7) is 14.8. The number of aliphatic carboxylic acids is 3. The SMILES string of the molecule is CC1(C)[C@@H](O[C@H]2O[C@H](C(=O)O)[C@H](O)[C@H](O)[C@H]2O[C@@H]2O[C@H](C(=O)O)[C@H](O)[C@H](O)[C@H]2O)CC[C@@]2(C)[C@H]3C(=O)C=C4[C@@H]5C[C@@](C)(C(=O)O)CC[C@@]5(C)CC[C@@]4(C)[C@@]3(C)CC[C@@H]12. The minimum Gasteiger partial charge on any atom is -0.481 e. The van der Waals surface area contributed by atoms with E-state index in [0.717, 1.165) is 37.7 Å². The molecule has 2 heterocycles. The fourth-order valence-corrected chi connectivity index (χ4v) is 13.4. The molecule has 6 fully saturated rings. The van der Waals surface area contributed by atoms with Gasteiger partial charge in [0, 0.05) is 5.92 Å². The van der Waals surface area contributed by atoms with E-state index in [1.807, 2.05) is 26.8 Å². The Kier molecular flexibility index (Phi) is 10.7. The van der Waals surface area contributed by atoms with E-state index in [1.54, 1.807) is 0 Å². The minimum atomic E-state index is -2.05. The number of carboxylic acids is 3. The Morgan fingerprint density at radius 2 is 1.28 bits per heavy atom. The lowest BCUT2D eigenvalue weighted by atomic mass is 9.33. The molecule has 2 saturated heterocycles. The maximum atomic E-state index is 14.8. The number of carbonyl (C=O) groups is 4. The van der Waals surface area contributed by atoms with Gasteiger partial charge in [0.2, 0.25) is 0 Å². The Hall–Kier alpha value is -2.54. The lowest BCUT2D eigenvalue weighted by Gasteiger charge is -2.70. The first-order valence-electron chi connectivity index (χ1n) is 20.7. The van der Waals surface area contributed by atoms with Crippen molar-refractivity contribution in [2.75, 3.05) is 0 Å². The third-order valence-corrected chi connectivity index (χ3v) is 17.2. The molecule has 326 valence electrons. The number of allylic oxidation sites excluding steroid dienone is 2. The molecule has 8 N–H and O–H groups in total. The number of ether oxygens (including phenoxy) is 4. The highest BCUT2D eigenvalue weighted by Gasteiger charge is 2.71. The summed E-state index contributed by atoms with van der Waals surface area (Å²) in [6, 6.07) is 0. The molecule has 0 radical (unpaired) electrons. The Morgan fingerprint density at radius 1 is 0.690 bits per heavy atom. The van der Waals surface area contributed by atoms with E-state index in [4.69, 9.17) is 18.9 Å². The number of rotatable bonds is 7. The third-order valence-electron chi connectivity index (χ3n) is 17.2. The summed E-state index contributed by atoms with van der Waals surface area (Å²) in [4.78, 5) is 51.3. The Morgan fingerprint density at radius 3 is 1.88 bits per heavy atom. The second-order valence-electron chi connectivity index (χ2n) is 20.6. The van der Waals surface area contributed by atoms with Crippen LogP contribution in [0.25, 0.3) is 0 Å². The quantitative estimate of drug-likeness (QED) is 0.171. The molecular formula is C42H62O16. The van der Waals surface area contributed by atoms with Crippen molar-refractivity contribution in [3.8, 4) is 0 Å². The van der Waals surface area contributed by atoms with Gasteiger partial charge in [0.25, 0.3) is 0 Å². The van der Waals surface area contributed by atoms with Gasteiger partial charge >= 0.3 is 17.9 Å². The maximum absolute atomic E-state index is 14.8. The molecule has 0 aromatic heterocycles. The van der Waals surface area contributed by atoms with Gasteiger partial charge in [0.1, 0.15) is 36.6 Å². The molecule has 0 spiro atoms. The van der Waals surface area contributed by atoms with E-state index in [-0.39, 0.29) is 34.4 Å². The van der Waals surface area contributed by atoms with Crippen LogP contribution in [0.1, 0.15) is 106 Å². The van der Waals surface area contributed by atoms with E-state index < -0.39 is 107 Å². The number of carboxylic acid groups (broad SMARTS) is 3. The van der Waals surface area contributed by atoms with Crippen molar-refractivity contribution in [1.29, 1.82) is 0 Å². The fraction of sp³-hybridized carbons (Fsp3) is 0.857. The molecule has 58 heavy (non-hydrogen) atoms. The maximum Gasteiger partial charge on any atom is 0.335 e. The largest absolute Gasteiger partial charge is 0.481 e. The van der Waals surface area contributed by atoms with Crippen LogP contribution in [0.3, 0.4) is 0 Å². The average Bonchev–Trinajstić information content (AvgIpc) is 3.13. The summed E-state index contributed by atoms with van der Waals surface area (Å²) in [5.41, 5.74) is -1.81. The minimum absolute atomic E-state index is 0.0217. The van der Waals surface area contributed by atoms with Crippen molar-refractivity contribution in [3.63, 3.8) is 0 Å². The Labute approximate surface area is 337 Å². The molecule has 7 aliphatic rings. The molecule has 7 rings (SSSR count). The predicted octanol–water partition coefficient (Wildman–Crippen LogP) is 2.25. The Bertz CT molecular complexity index is 1730. The second kappa shape index (κ2) is 14.3. The van der Waals surface area contributed by atoms with Crippen LogP contribution < -0.4 is 0 Å². The van der Waals surface area contributed by atoms with Crippen LogP contribution in [0, 0.1) is 50.2 Å². The first-order chi connectivity index (χ1) is 26.8. The lowest BCUT2D eigenvalue weighted by Crippen LogP contribution is -2.68. The van der Waals surface area contributed by atoms with Gasteiger partial charge in [-0.3, -0.25) is 9.59 Å². The van der Waals surface area contributed by atoms with Crippen LogP contribution in [-0.2, 0) is 38.1 Å². The third kappa shape index (κ3) is 6.25. The predicted molar refractivity (Wildman–Crippen MR) is 199 cm³/mol. The fourth-order valence-electron chi connectivity index (χ4n) is 13.4. The molecule has 0 amide bonds. The van der Waals surface area contributed by atoms with Crippen molar-refractivity contribution in [1.82, 2.24) is 0 Å². The molecule has 0 aromatic rings. The Balaban J connectivity index is 1.17. The zero-order valence-corrected chi connectivity index (χ0v) is 34.4. The average molecular weight is 823 g/mol. The van der Waals surface area contributed by atoms with Crippen molar-refractivity contribution < 1.29 is 79.0 Å². The van der Waals surface area contributed by atoms with Crippen molar-refractivity contribution in [2.24, 2.45) is 50.2 Å². The normalized spacial score (nSPS) is 52.6. The first-order valence-corrected chi connectivity index (χ1v) is 20.7. The van der Waals surface area contributed by atoms with Gasteiger partial charge < -0.3 is 59.8 Å². The van der Waals surface area contributed by atoms with Gasteiger partial charge in [-0.2, -0.15) is 0 Å². The number of aliphatic hydroxyl groups excluding tert-OH is 5. The van der Waals surface area contributed by atoms with Crippen LogP contribution in [0.5, 0.6) is 0 Å². The molecule has 16 nitrogen and oxygen atoms in total. The van der Waals surface area contributed by atoms with Crippen molar-refractivity contribution in [2.45, 2.75) is 174 Å². The highest BCUT2D eigenvalue weighted by Crippen LogP contribution is 2.75. The number of aliphatic hydroxyl groups is 5. The van der Waals surface area contributed by atoms with E-state index in [2.05, 4.69) is 27.7 Å². The second-order valence-corrected chi connectivity index (χ2v) is 20.6. The molecule has 16 heteroatoms. The summed E-state index contributed by atoms with van der Waals surface area (Å²) in [5.74, 6) is -4.47. The highest BCUT2D eigenvalue weighted by atomic mass is 16.8. The molecular weight excluding hydrogens is 760 g/mol.